The molecule has 1 aromatic heterocycles. The molecule has 0 bridgehead atoms. The summed E-state index contributed by atoms with van der Waals surface area (Å²) in [6.45, 7) is 1.72. The second-order valence-electron chi connectivity index (χ2n) is 9.08. The van der Waals surface area contributed by atoms with Gasteiger partial charge in [-0.25, -0.2) is 9.78 Å². The molecule has 2 aliphatic rings. The number of aryl methyl sites for hydroxylation is 1. The Morgan fingerprint density at radius 2 is 1.97 bits per heavy atom. The van der Waals surface area contributed by atoms with E-state index in [9.17, 15) is 19.5 Å². The number of amides is 1. The average Bonchev–Trinajstić information content (AvgIpc) is 3.40. The molecule has 0 radical (unpaired) electrons. The van der Waals surface area contributed by atoms with Crippen LogP contribution in [0.15, 0.2) is 18.2 Å². The number of fused-ring (bicyclic) bond motifs is 2. The molecule has 2 aromatic rings. The smallest absolute Gasteiger partial charge is 0.326 e. The lowest BCUT2D eigenvalue weighted by Gasteiger charge is -2.21. The molecule has 0 fully saturated rings. The van der Waals surface area contributed by atoms with Gasteiger partial charge in [0.25, 0.3) is 5.91 Å². The zero-order chi connectivity index (χ0) is 25.1. The van der Waals surface area contributed by atoms with Crippen LogP contribution in [0.4, 0.5) is 17.5 Å². The Balaban J connectivity index is 1.34. The van der Waals surface area contributed by atoms with Crippen LogP contribution < -0.4 is 21.7 Å². The minimum atomic E-state index is -1.26. The molecule has 35 heavy (non-hydrogen) atoms. The van der Waals surface area contributed by atoms with Gasteiger partial charge in [0.2, 0.25) is 5.95 Å². The number of carboxylic acid groups (broad SMARTS) is 2. The molecule has 0 spiro atoms. The van der Waals surface area contributed by atoms with Crippen molar-refractivity contribution in [3.05, 3.63) is 40.6 Å². The quantitative estimate of drug-likeness (QED) is 0.333. The SMILES string of the molecule is Nc1nc(N)c2c(n1)CCC2CCCN1CCc2cc(C(=O)N[C@@H](CCC(=O)O)C(=O)O)ccc21. The van der Waals surface area contributed by atoms with Crippen molar-refractivity contribution in [1.29, 1.82) is 0 Å². The van der Waals surface area contributed by atoms with Gasteiger partial charge in [-0.05, 0) is 68.2 Å². The van der Waals surface area contributed by atoms with Gasteiger partial charge in [0.05, 0.1) is 5.69 Å². The van der Waals surface area contributed by atoms with Crippen LogP contribution in [0.1, 0.15) is 65.2 Å². The molecule has 2 atom stereocenters. The Bertz CT molecular complexity index is 1150. The second-order valence-corrected chi connectivity index (χ2v) is 9.08. The number of rotatable bonds is 10. The standard InChI is InChI=1S/C24H30N6O5/c25-21-20-13(3-5-16(20)28-24(26)29-21)2-1-10-30-11-9-14-12-15(4-7-18(14)30)22(33)27-17(23(34)35)6-8-19(31)32/h4,7,12-13,17H,1-3,5-6,8-11H2,(H,27,33)(H,31,32)(H,34,35)(H4,25,26,28,29)/t13?,17-/m0/s1. The first-order chi connectivity index (χ1) is 16.7. The summed E-state index contributed by atoms with van der Waals surface area (Å²) in [6, 6.07) is 4.11. The highest BCUT2D eigenvalue weighted by molar-refractivity contribution is 5.97. The van der Waals surface area contributed by atoms with E-state index in [0.717, 1.165) is 67.7 Å². The zero-order valence-corrected chi connectivity index (χ0v) is 19.4. The first-order valence-corrected chi connectivity index (χ1v) is 11.8. The van der Waals surface area contributed by atoms with E-state index in [1.807, 2.05) is 6.07 Å². The maximum atomic E-state index is 12.6. The maximum absolute atomic E-state index is 12.6. The molecule has 1 amide bonds. The monoisotopic (exact) mass is 482 g/mol. The summed E-state index contributed by atoms with van der Waals surface area (Å²) in [5, 5.41) is 20.5. The van der Waals surface area contributed by atoms with Crippen LogP contribution in [0.25, 0.3) is 0 Å². The number of nitrogens with two attached hydrogens (primary N) is 2. The summed E-state index contributed by atoms with van der Waals surface area (Å²) < 4.78 is 0. The minimum Gasteiger partial charge on any atom is -0.481 e. The third-order valence-corrected chi connectivity index (χ3v) is 6.77. The van der Waals surface area contributed by atoms with Gasteiger partial charge in [-0.1, -0.05) is 0 Å². The number of aliphatic carboxylic acids is 2. The molecule has 7 N–H and O–H groups in total. The summed E-state index contributed by atoms with van der Waals surface area (Å²) in [6.07, 6.45) is 4.10. The number of carbonyl (C=O) groups is 3. The van der Waals surface area contributed by atoms with E-state index in [1.165, 1.54) is 0 Å². The van der Waals surface area contributed by atoms with Gasteiger partial charge in [0, 0.05) is 36.3 Å². The maximum Gasteiger partial charge on any atom is 0.326 e. The average molecular weight is 483 g/mol. The molecule has 4 rings (SSSR count). The predicted molar refractivity (Wildman–Crippen MR) is 129 cm³/mol. The molecule has 1 aliphatic carbocycles. The fourth-order valence-corrected chi connectivity index (χ4v) is 5.07. The van der Waals surface area contributed by atoms with Crippen LogP contribution in [-0.4, -0.2) is 57.2 Å². The fourth-order valence-electron chi connectivity index (χ4n) is 5.07. The minimum absolute atomic E-state index is 0.175. The number of carboxylic acids is 2. The fraction of sp³-hybridized carbons (Fsp3) is 0.458. The van der Waals surface area contributed by atoms with Crippen LogP contribution in [0, 0.1) is 0 Å². The molecule has 1 unspecified atom stereocenters. The largest absolute Gasteiger partial charge is 0.481 e. The lowest BCUT2D eigenvalue weighted by Crippen LogP contribution is -2.41. The molecule has 2 heterocycles. The molecule has 11 heteroatoms. The van der Waals surface area contributed by atoms with E-state index in [2.05, 4.69) is 20.2 Å². The van der Waals surface area contributed by atoms with Crippen LogP contribution in [0.2, 0.25) is 0 Å². The Hall–Kier alpha value is -3.89. The zero-order valence-electron chi connectivity index (χ0n) is 19.4. The number of nitrogens with zero attached hydrogens (tertiary/aromatic N) is 3. The summed E-state index contributed by atoms with van der Waals surface area (Å²) in [4.78, 5) is 45.5. The first-order valence-electron chi connectivity index (χ1n) is 11.8. The van der Waals surface area contributed by atoms with E-state index in [1.54, 1.807) is 12.1 Å². The summed E-state index contributed by atoms with van der Waals surface area (Å²) in [5.41, 5.74) is 16.3. The van der Waals surface area contributed by atoms with Crippen molar-refractivity contribution in [2.45, 2.75) is 56.9 Å². The van der Waals surface area contributed by atoms with Crippen molar-refractivity contribution in [2.75, 3.05) is 29.5 Å². The molecule has 0 saturated carbocycles. The lowest BCUT2D eigenvalue weighted by atomic mass is 9.97. The number of carbonyl (C=O) groups excluding carboxylic acids is 1. The van der Waals surface area contributed by atoms with Crippen molar-refractivity contribution in [2.24, 2.45) is 0 Å². The second kappa shape index (κ2) is 10.2. The Morgan fingerprint density at radius 3 is 2.71 bits per heavy atom. The molecular formula is C24H30N6O5. The number of benzene rings is 1. The van der Waals surface area contributed by atoms with Crippen molar-refractivity contribution < 1.29 is 24.6 Å². The van der Waals surface area contributed by atoms with Crippen molar-refractivity contribution >= 4 is 35.3 Å². The van der Waals surface area contributed by atoms with E-state index in [4.69, 9.17) is 16.6 Å². The molecule has 1 aliphatic heterocycles. The summed E-state index contributed by atoms with van der Waals surface area (Å²) in [5.74, 6) is -1.84. The molecular weight excluding hydrogens is 452 g/mol. The number of hydrogen-bond donors (Lipinski definition) is 5. The van der Waals surface area contributed by atoms with Crippen LogP contribution >= 0.6 is 0 Å². The highest BCUT2D eigenvalue weighted by Gasteiger charge is 2.28. The number of nitrogens with one attached hydrogen (secondary N) is 1. The Kier molecular flexibility index (Phi) is 7.04. The number of hydrogen-bond acceptors (Lipinski definition) is 8. The van der Waals surface area contributed by atoms with Gasteiger partial charge < -0.3 is 31.9 Å². The number of aromatic nitrogens is 2. The normalized spacial score (nSPS) is 17.0. The highest BCUT2D eigenvalue weighted by Crippen LogP contribution is 2.39. The van der Waals surface area contributed by atoms with Gasteiger partial charge >= 0.3 is 11.9 Å². The number of anilines is 3. The topological polar surface area (TPSA) is 185 Å². The highest BCUT2D eigenvalue weighted by atomic mass is 16.4. The third kappa shape index (κ3) is 5.44. The van der Waals surface area contributed by atoms with Crippen molar-refractivity contribution in [3.63, 3.8) is 0 Å². The Labute approximate surface area is 202 Å². The van der Waals surface area contributed by atoms with E-state index in [0.29, 0.717) is 17.3 Å². The summed E-state index contributed by atoms with van der Waals surface area (Å²) in [7, 11) is 0. The van der Waals surface area contributed by atoms with Gasteiger partial charge in [-0.3, -0.25) is 9.59 Å². The molecule has 1 aromatic carbocycles. The number of nitrogen functional groups attached to an aromatic ring is 2. The predicted octanol–water partition coefficient (Wildman–Crippen LogP) is 1.56. The van der Waals surface area contributed by atoms with E-state index >= 15 is 0 Å². The lowest BCUT2D eigenvalue weighted by molar-refractivity contribution is -0.140. The van der Waals surface area contributed by atoms with Crippen molar-refractivity contribution in [1.82, 2.24) is 15.3 Å². The van der Waals surface area contributed by atoms with Gasteiger partial charge in [-0.15, -0.1) is 0 Å². The van der Waals surface area contributed by atoms with E-state index < -0.39 is 23.9 Å². The molecule has 11 nitrogen and oxygen atoms in total. The van der Waals surface area contributed by atoms with Gasteiger partial charge in [0.1, 0.15) is 11.9 Å². The first kappa shape index (κ1) is 24.2. The molecule has 186 valence electrons. The van der Waals surface area contributed by atoms with Gasteiger partial charge in [-0.2, -0.15) is 4.98 Å². The molecule has 0 saturated heterocycles. The summed E-state index contributed by atoms with van der Waals surface area (Å²) >= 11 is 0. The van der Waals surface area contributed by atoms with Crippen LogP contribution in [0.3, 0.4) is 0 Å². The van der Waals surface area contributed by atoms with Crippen molar-refractivity contribution in [3.8, 4) is 0 Å². The van der Waals surface area contributed by atoms with Gasteiger partial charge in [0.15, 0.2) is 0 Å². The Morgan fingerprint density at radius 1 is 1.17 bits per heavy atom. The third-order valence-electron chi connectivity index (χ3n) is 6.77. The van der Waals surface area contributed by atoms with Crippen LogP contribution in [0.5, 0.6) is 0 Å². The van der Waals surface area contributed by atoms with Crippen LogP contribution in [-0.2, 0) is 22.4 Å². The van der Waals surface area contributed by atoms with E-state index in [-0.39, 0.29) is 18.8 Å².